The van der Waals surface area contributed by atoms with Gasteiger partial charge >= 0.3 is 0 Å². The number of fused-ring (bicyclic) bond motifs is 1. The molecule has 2 aliphatic heterocycles. The fraction of sp³-hybridized carbons (Fsp3) is 0.350. The number of benzene rings is 2. The van der Waals surface area contributed by atoms with Crippen molar-refractivity contribution < 1.29 is 27.4 Å². The Morgan fingerprint density at radius 3 is 2.45 bits per heavy atom. The SMILES string of the molecule is O=C(COc1cccc(Cl)c1Cl)N1CCN(S(=O)(=O)c2ccc3c(c2)OCCO3)CC1. The van der Waals surface area contributed by atoms with Crippen LogP contribution in [0, 0.1) is 0 Å². The Kier molecular flexibility index (Phi) is 6.47. The van der Waals surface area contributed by atoms with Gasteiger partial charge in [-0.2, -0.15) is 4.31 Å². The van der Waals surface area contributed by atoms with Gasteiger partial charge in [0.1, 0.15) is 24.0 Å². The Bertz CT molecular complexity index is 1090. The van der Waals surface area contributed by atoms with Crippen molar-refractivity contribution in [3.05, 3.63) is 46.4 Å². The third-order valence-corrected chi connectivity index (χ3v) is 7.71. The predicted molar refractivity (Wildman–Crippen MR) is 115 cm³/mol. The van der Waals surface area contributed by atoms with Crippen LogP contribution in [-0.2, 0) is 14.8 Å². The molecule has 31 heavy (non-hydrogen) atoms. The quantitative estimate of drug-likeness (QED) is 0.645. The van der Waals surface area contributed by atoms with E-state index in [1.54, 1.807) is 29.2 Å². The monoisotopic (exact) mass is 486 g/mol. The van der Waals surface area contributed by atoms with E-state index in [1.807, 2.05) is 0 Å². The molecular formula is C20H20Cl2N2O6S. The fourth-order valence-corrected chi connectivity index (χ4v) is 5.12. The first kappa shape index (κ1) is 22.0. The first-order valence-electron chi connectivity index (χ1n) is 9.60. The summed E-state index contributed by atoms with van der Waals surface area (Å²) in [6, 6.07) is 9.50. The van der Waals surface area contributed by atoms with Crippen LogP contribution in [0.25, 0.3) is 0 Å². The van der Waals surface area contributed by atoms with Crippen LogP contribution in [0.4, 0.5) is 0 Å². The molecule has 11 heteroatoms. The molecule has 2 heterocycles. The molecule has 2 aromatic rings. The number of carbonyl (C=O) groups excluding carboxylic acids is 1. The van der Waals surface area contributed by atoms with Crippen molar-refractivity contribution in [3.63, 3.8) is 0 Å². The largest absolute Gasteiger partial charge is 0.486 e. The van der Waals surface area contributed by atoms with E-state index in [0.29, 0.717) is 35.5 Å². The summed E-state index contributed by atoms with van der Waals surface area (Å²) in [6.45, 7) is 1.47. The number of piperazine rings is 1. The smallest absolute Gasteiger partial charge is 0.260 e. The lowest BCUT2D eigenvalue weighted by Gasteiger charge is -2.34. The van der Waals surface area contributed by atoms with Crippen LogP contribution in [0.3, 0.4) is 0 Å². The van der Waals surface area contributed by atoms with Crippen LogP contribution in [-0.4, -0.2) is 69.5 Å². The zero-order valence-corrected chi connectivity index (χ0v) is 18.8. The lowest BCUT2D eigenvalue weighted by Crippen LogP contribution is -2.51. The lowest BCUT2D eigenvalue weighted by molar-refractivity contribution is -0.134. The molecule has 0 saturated carbocycles. The van der Waals surface area contributed by atoms with Gasteiger partial charge < -0.3 is 19.1 Å². The van der Waals surface area contributed by atoms with Crippen LogP contribution in [0.1, 0.15) is 0 Å². The summed E-state index contributed by atoms with van der Waals surface area (Å²) in [5, 5.41) is 0.580. The molecule has 1 amide bonds. The maximum absolute atomic E-state index is 13.0. The molecular weight excluding hydrogens is 467 g/mol. The van der Waals surface area contributed by atoms with Gasteiger partial charge in [0.25, 0.3) is 5.91 Å². The molecule has 0 aliphatic carbocycles. The topological polar surface area (TPSA) is 85.4 Å². The molecule has 0 atom stereocenters. The summed E-state index contributed by atoms with van der Waals surface area (Å²) in [6.07, 6.45) is 0. The molecule has 166 valence electrons. The van der Waals surface area contributed by atoms with Gasteiger partial charge in [0, 0.05) is 32.2 Å². The third-order valence-electron chi connectivity index (χ3n) is 5.01. The molecule has 4 rings (SSSR count). The van der Waals surface area contributed by atoms with Crippen molar-refractivity contribution >= 4 is 39.1 Å². The van der Waals surface area contributed by atoms with Crippen molar-refractivity contribution in [1.82, 2.24) is 9.21 Å². The highest BCUT2D eigenvalue weighted by Crippen LogP contribution is 2.33. The molecule has 8 nitrogen and oxygen atoms in total. The highest BCUT2D eigenvalue weighted by Gasteiger charge is 2.31. The Balaban J connectivity index is 1.35. The van der Waals surface area contributed by atoms with Crippen LogP contribution in [0.2, 0.25) is 10.0 Å². The van der Waals surface area contributed by atoms with E-state index in [9.17, 15) is 13.2 Å². The van der Waals surface area contributed by atoms with Crippen LogP contribution >= 0.6 is 23.2 Å². The van der Waals surface area contributed by atoms with Gasteiger partial charge in [0.15, 0.2) is 18.1 Å². The second-order valence-electron chi connectivity index (χ2n) is 6.93. The van der Waals surface area contributed by atoms with Crippen LogP contribution < -0.4 is 14.2 Å². The summed E-state index contributed by atoms with van der Waals surface area (Å²) in [7, 11) is -3.71. The summed E-state index contributed by atoms with van der Waals surface area (Å²) >= 11 is 12.0. The number of halogens is 2. The van der Waals surface area contributed by atoms with E-state index in [2.05, 4.69) is 0 Å². The predicted octanol–water partition coefficient (Wildman–Crippen LogP) is 2.68. The second-order valence-corrected chi connectivity index (χ2v) is 9.65. The standard InChI is InChI=1S/C20H20Cl2N2O6S/c21-15-2-1-3-17(20(15)22)30-13-19(25)23-6-8-24(9-7-23)31(26,27)14-4-5-16-18(12-14)29-11-10-28-16/h1-5,12H,6-11,13H2. The van der Waals surface area contributed by atoms with E-state index >= 15 is 0 Å². The first-order chi connectivity index (χ1) is 14.9. The van der Waals surface area contributed by atoms with Crippen molar-refractivity contribution in [2.45, 2.75) is 4.90 Å². The van der Waals surface area contributed by atoms with Gasteiger partial charge in [0.05, 0.1) is 9.92 Å². The Morgan fingerprint density at radius 2 is 1.71 bits per heavy atom. The molecule has 2 aliphatic rings. The normalized spacial score (nSPS) is 16.8. The van der Waals surface area contributed by atoms with Gasteiger partial charge in [-0.1, -0.05) is 29.3 Å². The van der Waals surface area contributed by atoms with Gasteiger partial charge in [-0.3, -0.25) is 4.79 Å². The van der Waals surface area contributed by atoms with Crippen molar-refractivity contribution in [2.75, 3.05) is 46.0 Å². The van der Waals surface area contributed by atoms with Crippen LogP contribution in [0.5, 0.6) is 17.2 Å². The minimum atomic E-state index is -3.71. The van der Waals surface area contributed by atoms with Gasteiger partial charge in [0.2, 0.25) is 10.0 Å². The number of nitrogens with zero attached hydrogens (tertiary/aromatic N) is 2. The summed E-state index contributed by atoms with van der Waals surface area (Å²) < 4.78 is 43.8. The third kappa shape index (κ3) is 4.69. The second kappa shape index (κ2) is 9.12. The maximum atomic E-state index is 13.0. The zero-order valence-electron chi connectivity index (χ0n) is 16.4. The number of sulfonamides is 1. The van der Waals surface area contributed by atoms with Crippen molar-refractivity contribution in [3.8, 4) is 17.2 Å². The average molecular weight is 487 g/mol. The van der Waals surface area contributed by atoms with E-state index < -0.39 is 10.0 Å². The van der Waals surface area contributed by atoms with Crippen molar-refractivity contribution in [2.24, 2.45) is 0 Å². The Morgan fingerprint density at radius 1 is 1.00 bits per heavy atom. The number of hydrogen-bond donors (Lipinski definition) is 0. The molecule has 0 spiro atoms. The highest BCUT2D eigenvalue weighted by atomic mass is 35.5. The highest BCUT2D eigenvalue weighted by molar-refractivity contribution is 7.89. The average Bonchev–Trinajstić information content (AvgIpc) is 2.79. The molecule has 1 fully saturated rings. The first-order valence-corrected chi connectivity index (χ1v) is 11.8. The number of hydrogen-bond acceptors (Lipinski definition) is 6. The number of amides is 1. The van der Waals surface area contributed by atoms with Gasteiger partial charge in [-0.05, 0) is 24.3 Å². The van der Waals surface area contributed by atoms with Crippen molar-refractivity contribution in [1.29, 1.82) is 0 Å². The molecule has 0 unspecified atom stereocenters. The minimum Gasteiger partial charge on any atom is -0.486 e. The molecule has 1 saturated heterocycles. The van der Waals surface area contributed by atoms with Crippen LogP contribution in [0.15, 0.2) is 41.3 Å². The molecule has 0 bridgehead atoms. The molecule has 0 aromatic heterocycles. The zero-order chi connectivity index (χ0) is 22.0. The van der Waals surface area contributed by atoms with Gasteiger partial charge in [-0.25, -0.2) is 8.42 Å². The van der Waals surface area contributed by atoms with E-state index in [-0.39, 0.29) is 48.6 Å². The number of rotatable bonds is 5. The van der Waals surface area contributed by atoms with E-state index in [1.165, 1.54) is 16.4 Å². The Labute approximate surface area is 190 Å². The number of ether oxygens (including phenoxy) is 3. The summed E-state index contributed by atoms with van der Waals surface area (Å²) in [5.41, 5.74) is 0. The maximum Gasteiger partial charge on any atom is 0.260 e. The van der Waals surface area contributed by atoms with Gasteiger partial charge in [-0.15, -0.1) is 0 Å². The van der Waals surface area contributed by atoms with E-state index in [4.69, 9.17) is 37.4 Å². The molecule has 2 aromatic carbocycles. The molecule has 0 radical (unpaired) electrons. The number of carbonyl (C=O) groups is 1. The Hall–Kier alpha value is -2.20. The summed E-state index contributed by atoms with van der Waals surface area (Å²) in [4.78, 5) is 14.2. The minimum absolute atomic E-state index is 0.135. The van der Waals surface area contributed by atoms with E-state index in [0.717, 1.165) is 0 Å². The molecule has 0 N–H and O–H groups in total. The summed E-state index contributed by atoms with van der Waals surface area (Å²) in [5.74, 6) is 1.01. The lowest BCUT2D eigenvalue weighted by atomic mass is 10.3. The fourth-order valence-electron chi connectivity index (χ4n) is 3.34.